The standard InChI is InChI=1S/C8H16N2O.C6H14N2O.2H2/c1-7(2)6-9-8(11)10-4-3-5-10;1-4-5-7-6(9)8(2)3;;/h7H,3-6H2,1-2H3,(H,9,11);4-5H2,1-3H3,(H,7,9);2*1H. The number of carbonyl (C=O) groups is 2. The predicted octanol–water partition coefficient (Wildman–Crippen LogP) is 2.22. The summed E-state index contributed by atoms with van der Waals surface area (Å²) in [6.07, 6.45) is 2.15. The number of nitrogens with zero attached hydrogens (tertiary/aromatic N) is 2. The van der Waals surface area contributed by atoms with Crippen LogP contribution in [0.15, 0.2) is 0 Å². The van der Waals surface area contributed by atoms with Gasteiger partial charge in [-0.1, -0.05) is 20.8 Å². The van der Waals surface area contributed by atoms with E-state index in [1.807, 2.05) is 11.8 Å². The number of hydrogen-bond donors (Lipinski definition) is 2. The molecular weight excluding hydrogens is 256 g/mol. The average Bonchev–Trinajstić information content (AvgIpc) is 2.32. The third kappa shape index (κ3) is 8.61. The van der Waals surface area contributed by atoms with Crippen LogP contribution < -0.4 is 10.6 Å². The Labute approximate surface area is 125 Å². The molecule has 0 bridgehead atoms. The summed E-state index contributed by atoms with van der Waals surface area (Å²) in [5.74, 6) is 0.542. The molecule has 1 saturated heterocycles. The second kappa shape index (κ2) is 10.3. The SMILES string of the molecule is CC(C)CNC(=O)N1CCC1.CCCNC(=O)N(C)C.[HH].[HH]. The van der Waals surface area contributed by atoms with E-state index in [4.69, 9.17) is 0 Å². The highest BCUT2D eigenvalue weighted by molar-refractivity contribution is 5.74. The smallest absolute Gasteiger partial charge is 0.317 e. The summed E-state index contributed by atoms with van der Waals surface area (Å²) >= 11 is 0. The van der Waals surface area contributed by atoms with Crippen LogP contribution in [0.4, 0.5) is 9.59 Å². The predicted molar refractivity (Wildman–Crippen MR) is 86.0 cm³/mol. The van der Waals surface area contributed by atoms with Crippen LogP contribution in [0, 0.1) is 5.92 Å². The molecule has 6 heteroatoms. The Bertz CT molecular complexity index is 299. The van der Waals surface area contributed by atoms with E-state index in [-0.39, 0.29) is 14.9 Å². The number of likely N-dealkylation sites (tertiary alicyclic amines) is 1. The first-order chi connectivity index (χ1) is 9.38. The molecule has 0 aromatic rings. The van der Waals surface area contributed by atoms with E-state index in [2.05, 4.69) is 24.5 Å². The zero-order valence-electron chi connectivity index (χ0n) is 13.5. The lowest BCUT2D eigenvalue weighted by molar-refractivity contribution is 0.166. The molecule has 122 valence electrons. The Balaban J connectivity index is -0.000000307. The maximum atomic E-state index is 11.1. The van der Waals surface area contributed by atoms with Crippen molar-refractivity contribution >= 4 is 12.1 Å². The lowest BCUT2D eigenvalue weighted by atomic mass is 10.2. The molecule has 1 fully saturated rings. The van der Waals surface area contributed by atoms with Gasteiger partial charge in [0.2, 0.25) is 0 Å². The van der Waals surface area contributed by atoms with Crippen LogP contribution in [0.25, 0.3) is 0 Å². The zero-order valence-corrected chi connectivity index (χ0v) is 13.5. The number of carbonyl (C=O) groups excluding carboxylic acids is 2. The zero-order chi connectivity index (χ0) is 15.5. The molecule has 0 spiro atoms. The number of amides is 4. The van der Waals surface area contributed by atoms with Gasteiger partial charge in [0.1, 0.15) is 0 Å². The number of nitrogens with one attached hydrogen (secondary N) is 2. The van der Waals surface area contributed by atoms with E-state index in [1.54, 1.807) is 14.1 Å². The number of urea groups is 2. The van der Waals surface area contributed by atoms with Crippen molar-refractivity contribution in [2.75, 3.05) is 40.3 Å². The van der Waals surface area contributed by atoms with Crippen molar-refractivity contribution in [3.8, 4) is 0 Å². The van der Waals surface area contributed by atoms with Gasteiger partial charge in [0.25, 0.3) is 0 Å². The number of rotatable bonds is 4. The quantitative estimate of drug-likeness (QED) is 0.834. The minimum atomic E-state index is -0.0168. The lowest BCUT2D eigenvalue weighted by Crippen LogP contribution is -2.48. The molecule has 20 heavy (non-hydrogen) atoms. The van der Waals surface area contributed by atoms with Crippen molar-refractivity contribution in [3.05, 3.63) is 0 Å². The fraction of sp³-hybridized carbons (Fsp3) is 0.857. The van der Waals surface area contributed by atoms with Crippen molar-refractivity contribution in [2.45, 2.75) is 33.6 Å². The van der Waals surface area contributed by atoms with Crippen molar-refractivity contribution < 1.29 is 12.4 Å². The first-order valence-corrected chi connectivity index (χ1v) is 7.36. The second-order valence-corrected chi connectivity index (χ2v) is 5.55. The monoisotopic (exact) mass is 290 g/mol. The largest absolute Gasteiger partial charge is 0.338 e. The molecule has 0 atom stereocenters. The summed E-state index contributed by atoms with van der Waals surface area (Å²) in [7, 11) is 3.45. The van der Waals surface area contributed by atoms with Gasteiger partial charge >= 0.3 is 12.1 Å². The Morgan fingerprint density at radius 2 is 1.85 bits per heavy atom. The lowest BCUT2D eigenvalue weighted by Gasteiger charge is -2.31. The molecule has 0 saturated carbocycles. The summed E-state index contributed by atoms with van der Waals surface area (Å²) in [4.78, 5) is 25.2. The normalized spacial score (nSPS) is 13.0. The molecule has 1 aliphatic heterocycles. The van der Waals surface area contributed by atoms with Gasteiger partial charge in [-0.3, -0.25) is 0 Å². The molecular formula is C14H34N4O2. The summed E-state index contributed by atoms with van der Waals surface area (Å²) in [5, 5.41) is 5.59. The Morgan fingerprint density at radius 3 is 2.20 bits per heavy atom. The first-order valence-electron chi connectivity index (χ1n) is 7.36. The first kappa shape index (κ1) is 18.5. The van der Waals surface area contributed by atoms with Crippen molar-refractivity contribution in [3.63, 3.8) is 0 Å². The number of hydrogen-bond acceptors (Lipinski definition) is 2. The molecule has 0 aliphatic carbocycles. The third-order valence-corrected chi connectivity index (χ3v) is 2.74. The molecule has 1 rings (SSSR count). The topological polar surface area (TPSA) is 64.7 Å². The van der Waals surface area contributed by atoms with Crippen molar-refractivity contribution in [1.29, 1.82) is 0 Å². The maximum Gasteiger partial charge on any atom is 0.317 e. The second-order valence-electron chi connectivity index (χ2n) is 5.55. The van der Waals surface area contributed by atoms with Crippen LogP contribution in [-0.2, 0) is 0 Å². The Hall–Kier alpha value is -1.46. The molecule has 1 aliphatic rings. The van der Waals surface area contributed by atoms with Crippen LogP contribution in [0.3, 0.4) is 0 Å². The van der Waals surface area contributed by atoms with E-state index in [0.29, 0.717) is 5.92 Å². The summed E-state index contributed by atoms with van der Waals surface area (Å²) in [6.45, 7) is 9.63. The molecule has 0 aromatic heterocycles. The Morgan fingerprint density at radius 1 is 1.25 bits per heavy atom. The fourth-order valence-corrected chi connectivity index (χ4v) is 1.31. The van der Waals surface area contributed by atoms with Crippen molar-refractivity contribution in [1.82, 2.24) is 20.4 Å². The molecule has 2 N–H and O–H groups in total. The van der Waals surface area contributed by atoms with Gasteiger partial charge in [0, 0.05) is 43.1 Å². The van der Waals surface area contributed by atoms with Crippen molar-refractivity contribution in [2.24, 2.45) is 5.92 Å². The highest BCUT2D eigenvalue weighted by Crippen LogP contribution is 2.05. The van der Waals surface area contributed by atoms with Crippen LogP contribution in [0.1, 0.15) is 36.5 Å². The maximum absolute atomic E-state index is 11.1. The van der Waals surface area contributed by atoms with Gasteiger partial charge in [-0.15, -0.1) is 0 Å². The molecule has 0 radical (unpaired) electrons. The molecule has 1 heterocycles. The van der Waals surface area contributed by atoms with Crippen LogP contribution >= 0.6 is 0 Å². The molecule has 0 aromatic carbocycles. The molecule has 4 amide bonds. The van der Waals surface area contributed by atoms with Crippen LogP contribution in [0.5, 0.6) is 0 Å². The van der Waals surface area contributed by atoms with Crippen LogP contribution in [-0.4, -0.2) is 62.1 Å². The minimum absolute atomic E-state index is 0. The average molecular weight is 290 g/mol. The molecule has 0 unspecified atom stereocenters. The van der Waals surface area contributed by atoms with Gasteiger partial charge in [-0.25, -0.2) is 9.59 Å². The van der Waals surface area contributed by atoms with Gasteiger partial charge in [0.05, 0.1) is 0 Å². The van der Waals surface area contributed by atoms with E-state index >= 15 is 0 Å². The summed E-state index contributed by atoms with van der Waals surface area (Å²) in [6, 6.07) is 0.0850. The summed E-state index contributed by atoms with van der Waals surface area (Å²) < 4.78 is 0. The van der Waals surface area contributed by atoms with Gasteiger partial charge in [-0.2, -0.15) is 0 Å². The minimum Gasteiger partial charge on any atom is -0.338 e. The van der Waals surface area contributed by atoms with E-state index in [0.717, 1.165) is 39.0 Å². The molecule has 6 nitrogen and oxygen atoms in total. The van der Waals surface area contributed by atoms with Crippen LogP contribution in [0.2, 0.25) is 0 Å². The van der Waals surface area contributed by atoms with E-state index < -0.39 is 0 Å². The Kier molecular flexibility index (Phi) is 9.59. The van der Waals surface area contributed by atoms with E-state index in [1.165, 1.54) is 4.90 Å². The van der Waals surface area contributed by atoms with Gasteiger partial charge < -0.3 is 20.4 Å². The van der Waals surface area contributed by atoms with E-state index in [9.17, 15) is 9.59 Å². The fourth-order valence-electron chi connectivity index (χ4n) is 1.31. The highest BCUT2D eigenvalue weighted by Gasteiger charge is 2.19. The van der Waals surface area contributed by atoms with Gasteiger partial charge in [-0.05, 0) is 18.8 Å². The van der Waals surface area contributed by atoms with Gasteiger partial charge in [0.15, 0.2) is 0 Å². The summed E-state index contributed by atoms with van der Waals surface area (Å²) in [5.41, 5.74) is 0. The third-order valence-electron chi connectivity index (χ3n) is 2.74. The highest BCUT2D eigenvalue weighted by atomic mass is 16.2.